The summed E-state index contributed by atoms with van der Waals surface area (Å²) in [5.41, 5.74) is 9.47. The van der Waals surface area contributed by atoms with Gasteiger partial charge in [0.2, 0.25) is 47.3 Å². The fourth-order valence-electron chi connectivity index (χ4n) is 10.2. The zero-order valence-corrected chi connectivity index (χ0v) is 46.8. The molecule has 27 nitrogen and oxygen atoms in total. The number of rotatable bonds is 20. The molecule has 15 N–H and O–H groups in total. The van der Waals surface area contributed by atoms with Crippen molar-refractivity contribution in [3.05, 3.63) is 83.4 Å². The van der Waals surface area contributed by atoms with E-state index in [2.05, 4.69) is 67.1 Å². The molecule has 0 bridgehead atoms. The third kappa shape index (κ3) is 17.8. The minimum atomic E-state index is -2.20. The van der Waals surface area contributed by atoms with Gasteiger partial charge in [-0.3, -0.25) is 38.4 Å². The van der Waals surface area contributed by atoms with E-state index in [1.807, 2.05) is 24.3 Å². The highest BCUT2D eigenvalue weighted by Crippen LogP contribution is 2.32. The Morgan fingerprint density at radius 2 is 1.36 bits per heavy atom. The number of nitrogens with zero attached hydrogens (tertiary/aromatic N) is 2. The first kappa shape index (κ1) is 65.2. The number of carbonyl (C=O) groups excluding carboxylic acids is 8. The van der Waals surface area contributed by atoms with Crippen LogP contribution in [0.1, 0.15) is 82.4 Å². The Morgan fingerprint density at radius 3 is 1.99 bits per heavy atom. The quantitative estimate of drug-likeness (QED) is 0.0259. The van der Waals surface area contributed by atoms with Gasteiger partial charge in [-0.25, -0.2) is 5.26 Å². The Hall–Kier alpha value is -6.99. The molecule has 0 saturated carbocycles. The first-order valence-corrected chi connectivity index (χ1v) is 27.9. The number of nitrogens with one attached hydrogen (secondary N) is 5. The highest BCUT2D eigenvalue weighted by Gasteiger charge is 2.50. The van der Waals surface area contributed by atoms with Crippen LogP contribution in [-0.4, -0.2) is 191 Å². The molecular formula is C55H74N8O19S. The standard InChI is InChI=1S/C55H74N8O19S/c1-4-5-6-7-30-8-14-33(15-9-30)34-16-10-31(11-17-34)13-19-44(71)58-37-22-35(65)25-57-53(76)48-49(72)28(2)26-63(48)55(78)47(41(69)24-43(56)70)61-52(75)46(40(68)20-32-12-18-39(67)42(21-32)80-83-82-81-79)60-51(74)38-23-36(66)27-62(38)54(77)45(29(3)64)59-50(37)73/h8-12,14-18,21,28-29,35-38,40-41,45-49,64-69,72,79H,4-7,13,19-20,22-27H2,1-3H3,(H2,56,70)(H,57,76)(H,58,71)(H,59,73)(H,60,74)(H,61,75)/t28?,29?,35?,36?,37-,38?,40?,41?,45?,46?,47?,48?,49?/m0/s1. The summed E-state index contributed by atoms with van der Waals surface area (Å²) >= 11 is 0.0632. The van der Waals surface area contributed by atoms with E-state index in [9.17, 15) is 74.1 Å². The molecule has 3 aliphatic rings. The predicted octanol–water partition coefficient (Wildman–Crippen LogP) is -1.70. The minimum Gasteiger partial charge on any atom is -0.504 e. The van der Waals surface area contributed by atoms with Crippen LogP contribution in [0, 0.1) is 5.92 Å². The number of β-amino-alcohol motifs (C(OH)–C–C–N with tert-alkyl or cyclic N) is 1. The maximum Gasteiger partial charge on any atom is 0.261 e. The molecule has 12 unspecified atom stereocenters. The van der Waals surface area contributed by atoms with Gasteiger partial charge in [0.15, 0.2) is 11.5 Å². The second-order valence-electron chi connectivity index (χ2n) is 21.2. The minimum absolute atomic E-state index is 0.0632. The van der Waals surface area contributed by atoms with Crippen molar-refractivity contribution >= 4 is 59.6 Å². The number of unbranched alkanes of at least 4 members (excludes halogenated alkanes) is 2. The highest BCUT2D eigenvalue weighted by molar-refractivity contribution is 7.90. The van der Waals surface area contributed by atoms with Crippen LogP contribution in [0.3, 0.4) is 0 Å². The van der Waals surface area contributed by atoms with Crippen LogP contribution in [-0.2, 0) is 67.0 Å². The molecule has 13 atom stereocenters. The average Bonchev–Trinajstić information content (AvgIpc) is 3.85. The van der Waals surface area contributed by atoms with Crippen LogP contribution in [0.25, 0.3) is 11.1 Å². The van der Waals surface area contributed by atoms with E-state index in [4.69, 9.17) is 15.2 Å². The van der Waals surface area contributed by atoms with Crippen molar-refractivity contribution in [1.29, 1.82) is 0 Å². The highest BCUT2D eigenvalue weighted by atomic mass is 32.2. The van der Waals surface area contributed by atoms with Gasteiger partial charge in [-0.2, -0.15) is 0 Å². The molecule has 3 aromatic carbocycles. The molecule has 6 rings (SSSR count). The number of amides is 8. The molecule has 0 aromatic heterocycles. The summed E-state index contributed by atoms with van der Waals surface area (Å²) in [5, 5.41) is 102. The molecule has 3 heterocycles. The number of hydrogen-bond acceptors (Lipinski definition) is 20. The van der Waals surface area contributed by atoms with E-state index in [1.165, 1.54) is 18.6 Å². The maximum absolute atomic E-state index is 14.6. The van der Waals surface area contributed by atoms with Crippen LogP contribution in [0.2, 0.25) is 0 Å². The number of phenols is 1. The van der Waals surface area contributed by atoms with Crippen molar-refractivity contribution in [3.63, 3.8) is 0 Å². The van der Waals surface area contributed by atoms with E-state index in [1.54, 1.807) is 0 Å². The summed E-state index contributed by atoms with van der Waals surface area (Å²) in [6, 6.07) is 7.93. The third-order valence-corrected chi connectivity index (χ3v) is 15.2. The predicted molar refractivity (Wildman–Crippen MR) is 294 cm³/mol. The van der Waals surface area contributed by atoms with Crippen molar-refractivity contribution < 1.29 is 92.9 Å². The van der Waals surface area contributed by atoms with Gasteiger partial charge in [-0.05, 0) is 66.1 Å². The van der Waals surface area contributed by atoms with Crippen molar-refractivity contribution in [3.8, 4) is 22.6 Å². The largest absolute Gasteiger partial charge is 0.504 e. The fourth-order valence-corrected chi connectivity index (χ4v) is 10.5. The number of primary amides is 1. The Labute approximate surface area is 482 Å². The lowest BCUT2D eigenvalue weighted by molar-refractivity contribution is -0.433. The normalized spacial score (nSPS) is 26.0. The summed E-state index contributed by atoms with van der Waals surface area (Å²) in [6.45, 7) is 3.13. The van der Waals surface area contributed by atoms with Crippen LogP contribution in [0.5, 0.6) is 11.5 Å². The molecule has 0 radical (unpaired) electrons. The van der Waals surface area contributed by atoms with E-state index in [0.29, 0.717) is 0 Å². The molecule has 3 aliphatic heterocycles. The summed E-state index contributed by atoms with van der Waals surface area (Å²) < 4.78 is 9.29. The number of hydrogen-bond donors (Lipinski definition) is 14. The molecule has 3 saturated heterocycles. The number of aromatic hydroxyl groups is 1. The summed E-state index contributed by atoms with van der Waals surface area (Å²) in [6.07, 6.45) is -8.92. The summed E-state index contributed by atoms with van der Waals surface area (Å²) in [5.74, 6) is -10.7. The van der Waals surface area contributed by atoms with Gasteiger partial charge in [0.05, 0.1) is 43.0 Å². The Balaban J connectivity index is 1.31. The van der Waals surface area contributed by atoms with Crippen molar-refractivity contribution in [1.82, 2.24) is 36.4 Å². The zero-order chi connectivity index (χ0) is 60.7. The van der Waals surface area contributed by atoms with Crippen LogP contribution < -0.4 is 36.5 Å². The monoisotopic (exact) mass is 1180 g/mol. The number of aryl methyl sites for hydroxylation is 2. The van der Waals surface area contributed by atoms with Crippen molar-refractivity contribution in [2.75, 3.05) is 19.6 Å². The number of aliphatic hydroxyl groups is 6. The van der Waals surface area contributed by atoms with Gasteiger partial charge in [-0.1, -0.05) is 90.7 Å². The summed E-state index contributed by atoms with van der Waals surface area (Å²) in [4.78, 5) is 114. The number of benzene rings is 3. The van der Waals surface area contributed by atoms with E-state index in [-0.39, 0.29) is 43.0 Å². The van der Waals surface area contributed by atoms with E-state index >= 15 is 0 Å². The van der Waals surface area contributed by atoms with Gasteiger partial charge in [-0.15, -0.1) is 0 Å². The Kier molecular flexibility index (Phi) is 24.0. The summed E-state index contributed by atoms with van der Waals surface area (Å²) in [7, 11) is 0. The van der Waals surface area contributed by atoms with Crippen LogP contribution >= 0.6 is 12.3 Å². The first-order chi connectivity index (χ1) is 39.5. The topological polar surface area (TPSA) is 419 Å². The molecule has 83 heavy (non-hydrogen) atoms. The smallest absolute Gasteiger partial charge is 0.261 e. The number of carbonyl (C=O) groups is 8. The zero-order valence-electron chi connectivity index (χ0n) is 46.0. The molecule has 8 amide bonds. The van der Waals surface area contributed by atoms with E-state index in [0.717, 1.165) is 71.2 Å². The second-order valence-corrected chi connectivity index (χ2v) is 21.6. The van der Waals surface area contributed by atoms with Crippen LogP contribution in [0.15, 0.2) is 66.7 Å². The maximum atomic E-state index is 14.6. The number of nitrogens with two attached hydrogens (primary N) is 1. The molecule has 0 spiro atoms. The van der Waals surface area contributed by atoms with Gasteiger partial charge in [0.1, 0.15) is 36.3 Å². The fraction of sp³-hybridized carbons (Fsp3) is 0.527. The van der Waals surface area contributed by atoms with Crippen molar-refractivity contribution in [2.45, 2.75) is 158 Å². The number of fused-ring (bicyclic) bond motifs is 2. The van der Waals surface area contributed by atoms with Crippen LogP contribution in [0.4, 0.5) is 0 Å². The average molecular weight is 1180 g/mol. The van der Waals surface area contributed by atoms with E-state index < -0.39 is 171 Å². The van der Waals surface area contributed by atoms with Gasteiger partial charge >= 0.3 is 0 Å². The molecule has 3 fully saturated rings. The Morgan fingerprint density at radius 1 is 0.747 bits per heavy atom. The molecule has 0 aliphatic carbocycles. The lowest BCUT2D eigenvalue weighted by atomic mass is 9.98. The number of phenolic OH excluding ortho intramolecular Hbond substituents is 1. The molecule has 454 valence electrons. The molecule has 28 heteroatoms. The SMILES string of the molecule is CCCCCc1ccc(-c2ccc(CCC(=O)N[C@H]3CC(O)CNC(=O)C4C(O)C(C)CN4C(=O)C(C(O)CC(N)=O)NC(=O)C(C(O)Cc4ccc(O)c(OSOOO)c4)NC(=O)C4CC(O)CN4C(=O)C(C(C)O)NC3=O)cc2)cc1. The molecule has 3 aromatic rings. The lowest BCUT2D eigenvalue weighted by Crippen LogP contribution is -2.64. The second kappa shape index (κ2) is 30.5. The van der Waals surface area contributed by atoms with Crippen molar-refractivity contribution in [2.24, 2.45) is 11.7 Å². The molecular weight excluding hydrogens is 1110 g/mol. The lowest BCUT2D eigenvalue weighted by Gasteiger charge is -2.33. The van der Waals surface area contributed by atoms with Gasteiger partial charge in [0, 0.05) is 51.2 Å². The third-order valence-electron chi connectivity index (χ3n) is 14.8. The Bertz CT molecular complexity index is 2740. The first-order valence-electron chi connectivity index (χ1n) is 27.3. The van der Waals surface area contributed by atoms with Gasteiger partial charge < -0.3 is 82.0 Å². The van der Waals surface area contributed by atoms with Gasteiger partial charge in [0.25, 0.3) is 12.3 Å². The number of aliphatic hydroxyl groups excluding tert-OH is 6.